The van der Waals surface area contributed by atoms with E-state index in [1.807, 2.05) is 0 Å². The van der Waals surface area contributed by atoms with Crippen LogP contribution in [0.25, 0.3) is 11.5 Å². The van der Waals surface area contributed by atoms with Crippen LogP contribution < -0.4 is 5.32 Å². The van der Waals surface area contributed by atoms with E-state index in [4.69, 9.17) is 4.52 Å². The molecule has 4 rings (SSSR count). The second-order valence-corrected chi connectivity index (χ2v) is 5.53. The summed E-state index contributed by atoms with van der Waals surface area (Å²) in [5.74, 6) is 2.07. The van der Waals surface area contributed by atoms with E-state index in [2.05, 4.69) is 33.7 Å². The Morgan fingerprint density at radius 2 is 1.90 bits per heavy atom. The first-order chi connectivity index (χ1) is 9.40. The molecule has 1 aromatic carbocycles. The number of rotatable bonds is 2. The Morgan fingerprint density at radius 3 is 2.75 bits per heavy atom. The third kappa shape index (κ3) is 2.34. The van der Waals surface area contributed by atoms with E-state index in [1.165, 1.54) is 36.8 Å². The lowest BCUT2D eigenvalue weighted by atomic mass is 10.1. The average Bonchev–Trinajstić information content (AvgIpc) is 3.18. The molecule has 0 unspecified atom stereocenters. The molecule has 1 aliphatic carbocycles. The zero-order valence-corrected chi connectivity index (χ0v) is 12.1. The smallest absolute Gasteiger partial charge is 0.257 e. The summed E-state index contributed by atoms with van der Waals surface area (Å²) in [6, 6.07) is 6.41. The van der Waals surface area contributed by atoms with Crippen molar-refractivity contribution in [2.75, 3.05) is 0 Å². The fourth-order valence-corrected chi connectivity index (χ4v) is 3.13. The van der Waals surface area contributed by atoms with E-state index in [-0.39, 0.29) is 12.4 Å². The fourth-order valence-electron chi connectivity index (χ4n) is 3.13. The van der Waals surface area contributed by atoms with Crippen molar-refractivity contribution in [2.24, 2.45) is 0 Å². The largest absolute Gasteiger partial charge is 0.334 e. The lowest BCUT2D eigenvalue weighted by molar-refractivity contribution is 0.416. The molecule has 1 fully saturated rings. The molecule has 1 aliphatic heterocycles. The number of nitrogens with zero attached hydrogens (tertiary/aromatic N) is 2. The van der Waals surface area contributed by atoms with Gasteiger partial charge in [0.1, 0.15) is 0 Å². The molecule has 4 nitrogen and oxygen atoms in total. The van der Waals surface area contributed by atoms with Crippen LogP contribution in [0.5, 0.6) is 0 Å². The Balaban J connectivity index is 0.00000121. The van der Waals surface area contributed by atoms with Gasteiger partial charge in [0, 0.05) is 24.6 Å². The third-order valence-corrected chi connectivity index (χ3v) is 4.25. The molecule has 2 heterocycles. The maximum Gasteiger partial charge on any atom is 0.257 e. The van der Waals surface area contributed by atoms with Crippen LogP contribution in [0, 0.1) is 0 Å². The second kappa shape index (κ2) is 5.54. The normalized spacial score (nSPS) is 18.0. The van der Waals surface area contributed by atoms with Gasteiger partial charge < -0.3 is 9.84 Å². The van der Waals surface area contributed by atoms with Gasteiger partial charge in [-0.2, -0.15) is 4.98 Å². The molecule has 5 heteroatoms. The summed E-state index contributed by atoms with van der Waals surface area (Å²) in [6.07, 6.45) is 4.98. The van der Waals surface area contributed by atoms with Crippen LogP contribution in [-0.4, -0.2) is 10.1 Å². The first-order valence-electron chi connectivity index (χ1n) is 7.06. The Morgan fingerprint density at radius 1 is 1.10 bits per heavy atom. The van der Waals surface area contributed by atoms with E-state index in [0.29, 0.717) is 11.8 Å². The van der Waals surface area contributed by atoms with E-state index in [1.54, 1.807) is 0 Å². The van der Waals surface area contributed by atoms with Crippen molar-refractivity contribution >= 4 is 12.4 Å². The molecule has 1 N–H and O–H groups in total. The molecule has 0 amide bonds. The summed E-state index contributed by atoms with van der Waals surface area (Å²) in [7, 11) is 0. The quantitative estimate of drug-likeness (QED) is 0.921. The molecule has 1 saturated carbocycles. The predicted octanol–water partition coefficient (Wildman–Crippen LogP) is 3.42. The predicted molar refractivity (Wildman–Crippen MR) is 78.7 cm³/mol. The van der Waals surface area contributed by atoms with Crippen molar-refractivity contribution in [1.29, 1.82) is 0 Å². The first kappa shape index (κ1) is 13.6. The van der Waals surface area contributed by atoms with Crippen LogP contribution in [0.15, 0.2) is 22.7 Å². The number of hydrogen-bond donors (Lipinski definition) is 1. The van der Waals surface area contributed by atoms with Crippen LogP contribution in [0.2, 0.25) is 0 Å². The summed E-state index contributed by atoms with van der Waals surface area (Å²) < 4.78 is 5.44. The monoisotopic (exact) mass is 291 g/mol. The maximum atomic E-state index is 5.44. The number of aromatic nitrogens is 2. The molecule has 1 aromatic heterocycles. The van der Waals surface area contributed by atoms with Gasteiger partial charge in [0.05, 0.1) is 0 Å². The van der Waals surface area contributed by atoms with Crippen molar-refractivity contribution in [3.8, 4) is 11.5 Å². The van der Waals surface area contributed by atoms with E-state index in [9.17, 15) is 0 Å². The molecular formula is C15H18ClN3O. The van der Waals surface area contributed by atoms with E-state index >= 15 is 0 Å². The summed E-state index contributed by atoms with van der Waals surface area (Å²) in [6.45, 7) is 1.90. The average molecular weight is 292 g/mol. The van der Waals surface area contributed by atoms with Gasteiger partial charge in [0.2, 0.25) is 0 Å². The lowest BCUT2D eigenvalue weighted by Gasteiger charge is -2.00. The summed E-state index contributed by atoms with van der Waals surface area (Å²) in [5.41, 5.74) is 3.76. The Bertz CT molecular complexity index is 605. The summed E-state index contributed by atoms with van der Waals surface area (Å²) in [4.78, 5) is 4.59. The van der Waals surface area contributed by atoms with Crippen molar-refractivity contribution in [3.05, 3.63) is 35.2 Å². The SMILES string of the molecule is Cl.c1cc2c(cc1-c1nc(C3CCCC3)no1)CNC2. The van der Waals surface area contributed by atoms with Crippen LogP contribution in [-0.2, 0) is 13.1 Å². The fraction of sp³-hybridized carbons (Fsp3) is 0.467. The standard InChI is InChI=1S/C15H17N3O.ClH/c1-2-4-10(3-1)14-17-15(19-18-14)11-5-6-12-8-16-9-13(12)7-11;/h5-7,10,16H,1-4,8-9H2;1H. The molecule has 2 aromatic rings. The van der Waals surface area contributed by atoms with E-state index < -0.39 is 0 Å². The highest BCUT2D eigenvalue weighted by Crippen LogP contribution is 2.33. The first-order valence-corrected chi connectivity index (χ1v) is 7.06. The van der Waals surface area contributed by atoms with Crippen LogP contribution in [0.4, 0.5) is 0 Å². The molecule has 0 saturated heterocycles. The van der Waals surface area contributed by atoms with Crippen LogP contribution in [0.3, 0.4) is 0 Å². The van der Waals surface area contributed by atoms with Crippen LogP contribution >= 0.6 is 12.4 Å². The summed E-state index contributed by atoms with van der Waals surface area (Å²) >= 11 is 0. The lowest BCUT2D eigenvalue weighted by Crippen LogP contribution is -1.99. The number of hydrogen-bond acceptors (Lipinski definition) is 4. The molecule has 2 aliphatic rings. The number of nitrogens with one attached hydrogen (secondary N) is 1. The van der Waals surface area contributed by atoms with Gasteiger partial charge in [0.25, 0.3) is 5.89 Å². The number of benzene rings is 1. The highest BCUT2D eigenvalue weighted by molar-refractivity contribution is 5.85. The number of halogens is 1. The molecule has 0 bridgehead atoms. The highest BCUT2D eigenvalue weighted by atomic mass is 35.5. The minimum absolute atomic E-state index is 0. The Labute approximate surface area is 124 Å². The third-order valence-electron chi connectivity index (χ3n) is 4.25. The molecule has 106 valence electrons. The van der Waals surface area contributed by atoms with Gasteiger partial charge in [-0.05, 0) is 36.1 Å². The van der Waals surface area contributed by atoms with Crippen molar-refractivity contribution < 1.29 is 4.52 Å². The van der Waals surface area contributed by atoms with Gasteiger partial charge in [-0.1, -0.05) is 24.1 Å². The zero-order chi connectivity index (χ0) is 12.7. The van der Waals surface area contributed by atoms with Gasteiger partial charge >= 0.3 is 0 Å². The zero-order valence-electron chi connectivity index (χ0n) is 11.3. The minimum atomic E-state index is 0. The molecular weight excluding hydrogens is 274 g/mol. The van der Waals surface area contributed by atoms with Crippen LogP contribution in [0.1, 0.15) is 48.6 Å². The Kier molecular flexibility index (Phi) is 3.76. The van der Waals surface area contributed by atoms with Crippen molar-refractivity contribution in [3.63, 3.8) is 0 Å². The topological polar surface area (TPSA) is 51.0 Å². The number of fused-ring (bicyclic) bond motifs is 1. The molecule has 0 radical (unpaired) electrons. The van der Waals surface area contributed by atoms with E-state index in [0.717, 1.165) is 24.5 Å². The highest BCUT2D eigenvalue weighted by Gasteiger charge is 2.23. The van der Waals surface area contributed by atoms with Gasteiger partial charge in [-0.15, -0.1) is 12.4 Å². The second-order valence-electron chi connectivity index (χ2n) is 5.53. The Hall–Kier alpha value is -1.39. The molecule has 0 spiro atoms. The maximum absolute atomic E-state index is 5.44. The van der Waals surface area contributed by atoms with Gasteiger partial charge in [-0.3, -0.25) is 0 Å². The molecule has 20 heavy (non-hydrogen) atoms. The molecule has 0 atom stereocenters. The summed E-state index contributed by atoms with van der Waals surface area (Å²) in [5, 5.41) is 7.52. The van der Waals surface area contributed by atoms with Gasteiger partial charge in [0.15, 0.2) is 5.82 Å². The van der Waals surface area contributed by atoms with Crippen molar-refractivity contribution in [2.45, 2.75) is 44.7 Å². The van der Waals surface area contributed by atoms with Gasteiger partial charge in [-0.25, -0.2) is 0 Å². The van der Waals surface area contributed by atoms with Crippen molar-refractivity contribution in [1.82, 2.24) is 15.5 Å². The minimum Gasteiger partial charge on any atom is -0.334 e.